The van der Waals surface area contributed by atoms with Gasteiger partial charge in [0.05, 0.1) is 0 Å². The van der Waals surface area contributed by atoms with Crippen molar-refractivity contribution in [1.29, 1.82) is 0 Å². The summed E-state index contributed by atoms with van der Waals surface area (Å²) in [7, 11) is 0. The lowest BCUT2D eigenvalue weighted by Gasteiger charge is -1.98. The van der Waals surface area contributed by atoms with Gasteiger partial charge in [0.1, 0.15) is 15.7 Å². The van der Waals surface area contributed by atoms with Crippen molar-refractivity contribution in [3.05, 3.63) is 34.2 Å². The maximum Gasteiger partial charge on any atom is 0.150 e. The van der Waals surface area contributed by atoms with Crippen LogP contribution in [-0.2, 0) is 6.42 Å². The number of benzene rings is 1. The second-order valence-corrected chi connectivity index (χ2v) is 5.27. The van der Waals surface area contributed by atoms with E-state index in [1.807, 2.05) is 12.1 Å². The van der Waals surface area contributed by atoms with E-state index < -0.39 is 0 Å². The van der Waals surface area contributed by atoms with Gasteiger partial charge in [-0.3, -0.25) is 0 Å². The van der Waals surface area contributed by atoms with Gasteiger partial charge < -0.3 is 0 Å². The highest BCUT2D eigenvalue weighted by Gasteiger charge is 2.11. The Hall–Kier alpha value is -1.62. The Bertz CT molecular complexity index is 522. The number of hydrogen-bond donors (Lipinski definition) is 0. The Kier molecular flexibility index (Phi) is 3.58. The first kappa shape index (κ1) is 11.9. The Morgan fingerprint density at radius 1 is 1.29 bits per heavy atom. The van der Waals surface area contributed by atoms with E-state index in [-0.39, 0.29) is 0 Å². The Morgan fingerprint density at radius 2 is 2.06 bits per heavy atom. The van der Waals surface area contributed by atoms with Crippen molar-refractivity contribution in [3.63, 3.8) is 0 Å². The van der Waals surface area contributed by atoms with E-state index in [4.69, 9.17) is 0 Å². The molecule has 2 aromatic rings. The third-order valence-electron chi connectivity index (χ3n) is 2.28. The molecule has 1 heterocycles. The summed E-state index contributed by atoms with van der Waals surface area (Å²) in [6.45, 7) is 4.28. The van der Waals surface area contributed by atoms with Crippen molar-refractivity contribution in [2.75, 3.05) is 0 Å². The van der Waals surface area contributed by atoms with Gasteiger partial charge in [0.25, 0.3) is 0 Å². The van der Waals surface area contributed by atoms with Gasteiger partial charge in [0.2, 0.25) is 0 Å². The van der Waals surface area contributed by atoms with Crippen molar-refractivity contribution in [2.24, 2.45) is 11.1 Å². The zero-order valence-corrected chi connectivity index (χ0v) is 10.6. The fourth-order valence-electron chi connectivity index (χ4n) is 1.53. The fraction of sp³-hybridized carbons (Fsp3) is 0.333. The van der Waals surface area contributed by atoms with Gasteiger partial charge in [0, 0.05) is 12.0 Å². The van der Waals surface area contributed by atoms with Crippen LogP contribution in [0.25, 0.3) is 10.6 Å². The molecule has 0 atom stereocenters. The molecule has 0 radical (unpaired) electrons. The van der Waals surface area contributed by atoms with Crippen LogP contribution in [0.1, 0.15) is 18.9 Å². The molecule has 1 aromatic heterocycles. The highest BCUT2D eigenvalue weighted by atomic mass is 32.1. The minimum Gasteiger partial charge on any atom is -0.145 e. The molecule has 0 amide bonds. The molecular weight excluding hydrogens is 234 g/mol. The van der Waals surface area contributed by atoms with Gasteiger partial charge >= 0.3 is 0 Å². The van der Waals surface area contributed by atoms with Gasteiger partial charge in [-0.05, 0) is 23.2 Å². The summed E-state index contributed by atoms with van der Waals surface area (Å²) >= 11 is 1.52. The van der Waals surface area contributed by atoms with E-state index in [0.29, 0.717) is 11.6 Å². The summed E-state index contributed by atoms with van der Waals surface area (Å²) in [5.74, 6) is 0.551. The van der Waals surface area contributed by atoms with Crippen LogP contribution in [-0.4, -0.2) is 10.2 Å². The second kappa shape index (κ2) is 5.14. The zero-order chi connectivity index (χ0) is 12.3. The molecule has 5 heteroatoms. The van der Waals surface area contributed by atoms with E-state index in [0.717, 1.165) is 22.0 Å². The maximum absolute atomic E-state index is 10.7. The van der Waals surface area contributed by atoms with E-state index >= 15 is 0 Å². The molecule has 0 aliphatic rings. The first-order chi connectivity index (χ1) is 8.20. The third-order valence-corrected chi connectivity index (χ3v) is 3.26. The molecule has 0 N–H and O–H groups in total. The first-order valence-corrected chi connectivity index (χ1v) is 6.27. The van der Waals surface area contributed by atoms with Gasteiger partial charge in [-0.1, -0.05) is 37.3 Å². The Labute approximate surface area is 104 Å². The van der Waals surface area contributed by atoms with Crippen molar-refractivity contribution < 1.29 is 0 Å². The predicted octanol–water partition coefficient (Wildman–Crippen LogP) is 3.80. The first-order valence-electron chi connectivity index (χ1n) is 5.46. The molecule has 1 aromatic carbocycles. The Balaban J connectivity index is 2.33. The average Bonchev–Trinajstić information content (AvgIpc) is 2.76. The van der Waals surface area contributed by atoms with Crippen LogP contribution in [0.15, 0.2) is 29.4 Å². The molecule has 0 bridgehead atoms. The highest BCUT2D eigenvalue weighted by molar-refractivity contribution is 7.14. The molecule has 0 aliphatic carbocycles. The minimum absolute atomic E-state index is 0.416. The average molecular weight is 247 g/mol. The van der Waals surface area contributed by atoms with Crippen LogP contribution in [0.5, 0.6) is 0 Å². The lowest BCUT2D eigenvalue weighted by Crippen LogP contribution is -1.92. The molecule has 2 rings (SSSR count). The molecule has 0 unspecified atom stereocenters. The normalized spacial score (nSPS) is 10.8. The molecule has 0 spiro atoms. The lowest BCUT2D eigenvalue weighted by atomic mass is 10.1. The highest BCUT2D eigenvalue weighted by Crippen LogP contribution is 2.32. The summed E-state index contributed by atoms with van der Waals surface area (Å²) in [5, 5.41) is 13.0. The van der Waals surface area contributed by atoms with Gasteiger partial charge in [-0.2, -0.15) is 0 Å². The van der Waals surface area contributed by atoms with E-state index in [2.05, 4.69) is 29.2 Å². The van der Waals surface area contributed by atoms with Crippen molar-refractivity contribution in [1.82, 2.24) is 10.2 Å². The number of aromatic nitrogens is 2. The van der Waals surface area contributed by atoms with E-state index in [1.165, 1.54) is 11.3 Å². The summed E-state index contributed by atoms with van der Waals surface area (Å²) in [6, 6.07) is 7.19. The zero-order valence-electron chi connectivity index (χ0n) is 9.75. The standard InChI is InChI=1S/C12H13N3OS/c1-8(2)7-11-13-14-12(17-11)9-5-3-4-6-10(9)15-16/h3-6,8H,7H2,1-2H3. The predicted molar refractivity (Wildman–Crippen MR) is 69.3 cm³/mol. The fourth-order valence-corrected chi connectivity index (χ4v) is 2.61. The van der Waals surface area contributed by atoms with Gasteiger partial charge in [-0.25, -0.2) is 0 Å². The molecule has 0 aliphatic heterocycles. The SMILES string of the molecule is CC(C)Cc1nnc(-c2ccccc2N=O)s1. The lowest BCUT2D eigenvalue weighted by molar-refractivity contribution is 0.640. The summed E-state index contributed by atoms with van der Waals surface area (Å²) < 4.78 is 0. The van der Waals surface area contributed by atoms with Crippen LogP contribution in [0.2, 0.25) is 0 Å². The molecule has 0 saturated carbocycles. The molecule has 0 saturated heterocycles. The van der Waals surface area contributed by atoms with Crippen molar-refractivity contribution >= 4 is 17.0 Å². The van der Waals surface area contributed by atoms with Crippen LogP contribution in [0.3, 0.4) is 0 Å². The molecule has 17 heavy (non-hydrogen) atoms. The largest absolute Gasteiger partial charge is 0.150 e. The van der Waals surface area contributed by atoms with E-state index in [1.54, 1.807) is 12.1 Å². The summed E-state index contributed by atoms with van der Waals surface area (Å²) in [4.78, 5) is 10.7. The topological polar surface area (TPSA) is 55.2 Å². The second-order valence-electron chi connectivity index (χ2n) is 4.21. The van der Waals surface area contributed by atoms with Gasteiger partial charge in [-0.15, -0.1) is 15.1 Å². The van der Waals surface area contributed by atoms with E-state index in [9.17, 15) is 4.91 Å². The van der Waals surface area contributed by atoms with Gasteiger partial charge in [0.15, 0.2) is 0 Å². The van der Waals surface area contributed by atoms with Crippen molar-refractivity contribution in [3.8, 4) is 10.6 Å². The van der Waals surface area contributed by atoms with Crippen LogP contribution in [0.4, 0.5) is 5.69 Å². The van der Waals surface area contributed by atoms with Crippen molar-refractivity contribution in [2.45, 2.75) is 20.3 Å². The molecule has 88 valence electrons. The molecule has 4 nitrogen and oxygen atoms in total. The Morgan fingerprint density at radius 3 is 2.76 bits per heavy atom. The summed E-state index contributed by atoms with van der Waals surface area (Å²) in [6.07, 6.45) is 0.911. The number of hydrogen-bond acceptors (Lipinski definition) is 5. The van der Waals surface area contributed by atoms with Crippen LogP contribution < -0.4 is 0 Å². The smallest absolute Gasteiger partial charge is 0.145 e. The van der Waals surface area contributed by atoms with Crippen LogP contribution >= 0.6 is 11.3 Å². The minimum atomic E-state index is 0.416. The number of nitroso groups, excluding NO2 is 1. The third kappa shape index (κ3) is 2.74. The number of nitrogens with zero attached hydrogens (tertiary/aromatic N) is 3. The van der Waals surface area contributed by atoms with Crippen LogP contribution in [0, 0.1) is 10.8 Å². The maximum atomic E-state index is 10.7. The number of rotatable bonds is 4. The molecular formula is C12H13N3OS. The molecule has 0 fully saturated rings. The summed E-state index contributed by atoms with van der Waals surface area (Å²) in [5.41, 5.74) is 1.18. The monoisotopic (exact) mass is 247 g/mol. The quantitative estimate of drug-likeness (QED) is 0.772.